The molecule has 5 N–H and O–H groups in total. The Morgan fingerprint density at radius 3 is 2.52 bits per heavy atom. The molecule has 0 radical (unpaired) electrons. The molecule has 1 aliphatic carbocycles. The second-order valence-electron chi connectivity index (χ2n) is 6.37. The molecule has 134 valence electrons. The van der Waals surface area contributed by atoms with Gasteiger partial charge < -0.3 is 30.5 Å². The Morgan fingerprint density at radius 2 is 1.87 bits per heavy atom. The zero-order valence-electron chi connectivity index (χ0n) is 13.3. The van der Waals surface area contributed by atoms with E-state index in [0.717, 1.165) is 32.1 Å². The summed E-state index contributed by atoms with van der Waals surface area (Å²) in [5.74, 6) is -0.0477. The van der Waals surface area contributed by atoms with Gasteiger partial charge >= 0.3 is 0 Å². The van der Waals surface area contributed by atoms with Crippen LogP contribution >= 0.6 is 11.8 Å². The number of rotatable bonds is 4. The van der Waals surface area contributed by atoms with Crippen molar-refractivity contribution >= 4 is 17.7 Å². The Hall–Kier alpha value is -0.380. The van der Waals surface area contributed by atoms with Crippen LogP contribution in [0, 0.1) is 0 Å². The van der Waals surface area contributed by atoms with Crippen molar-refractivity contribution in [1.82, 2.24) is 5.32 Å². The lowest BCUT2D eigenvalue weighted by Crippen LogP contribution is -2.57. The third-order valence-corrected chi connectivity index (χ3v) is 5.93. The van der Waals surface area contributed by atoms with E-state index in [9.17, 15) is 25.2 Å². The van der Waals surface area contributed by atoms with E-state index in [4.69, 9.17) is 4.74 Å². The van der Waals surface area contributed by atoms with Crippen molar-refractivity contribution in [2.24, 2.45) is 0 Å². The van der Waals surface area contributed by atoms with Crippen LogP contribution in [0.15, 0.2) is 0 Å². The van der Waals surface area contributed by atoms with Gasteiger partial charge in [0.05, 0.1) is 6.61 Å². The Bertz CT molecular complexity index is 396. The molecule has 1 saturated heterocycles. The number of aliphatic hydroxyl groups excluding tert-OH is 4. The van der Waals surface area contributed by atoms with Gasteiger partial charge in [-0.15, -0.1) is 11.8 Å². The fraction of sp³-hybridized carbons (Fsp3) is 0.933. The van der Waals surface area contributed by atoms with Crippen molar-refractivity contribution < 1.29 is 30.0 Å². The Kier molecular flexibility index (Phi) is 7.12. The molecule has 7 atom stereocenters. The summed E-state index contributed by atoms with van der Waals surface area (Å²) in [6.07, 6.45) is -0.0195. The largest absolute Gasteiger partial charge is 0.394 e. The van der Waals surface area contributed by atoms with Crippen molar-refractivity contribution in [1.29, 1.82) is 0 Å². The lowest BCUT2D eigenvalue weighted by molar-refractivity contribution is -0.205. The highest BCUT2D eigenvalue weighted by Crippen LogP contribution is 2.36. The smallest absolute Gasteiger partial charge is 0.217 e. The van der Waals surface area contributed by atoms with Crippen LogP contribution in [0.2, 0.25) is 0 Å². The van der Waals surface area contributed by atoms with Crippen LogP contribution in [-0.4, -0.2) is 74.1 Å². The predicted molar refractivity (Wildman–Crippen MR) is 85.8 cm³/mol. The van der Waals surface area contributed by atoms with Gasteiger partial charge in [0.25, 0.3) is 0 Å². The molecule has 23 heavy (non-hydrogen) atoms. The number of thioether (sulfide) groups is 1. The molecule has 1 heterocycles. The number of hydrogen-bond donors (Lipinski definition) is 5. The molecule has 7 nitrogen and oxygen atoms in total. The maximum absolute atomic E-state index is 11.3. The van der Waals surface area contributed by atoms with Crippen LogP contribution in [-0.2, 0) is 9.53 Å². The molecule has 2 fully saturated rings. The summed E-state index contributed by atoms with van der Waals surface area (Å²) in [6.45, 7) is 1.09. The van der Waals surface area contributed by atoms with Crippen LogP contribution in [0.5, 0.6) is 0 Å². The Morgan fingerprint density at radius 1 is 1.17 bits per heavy atom. The molecule has 1 amide bonds. The average Bonchev–Trinajstić information content (AvgIpc) is 2.72. The van der Waals surface area contributed by atoms with Crippen molar-refractivity contribution in [3.05, 3.63) is 0 Å². The molecular formula is C15H27NO6S. The molecule has 8 heteroatoms. The number of nitrogens with one attached hydrogen (secondary N) is 1. The normalized spacial score (nSPS) is 42.0. The van der Waals surface area contributed by atoms with Gasteiger partial charge in [-0.05, 0) is 19.3 Å². The summed E-state index contributed by atoms with van der Waals surface area (Å²) in [5, 5.41) is 42.2. The number of amides is 1. The summed E-state index contributed by atoms with van der Waals surface area (Å²) in [4.78, 5) is 11.3. The second kappa shape index (κ2) is 8.64. The van der Waals surface area contributed by atoms with E-state index in [1.165, 1.54) is 18.7 Å². The minimum absolute atomic E-state index is 0.0477. The molecule has 2 aliphatic rings. The van der Waals surface area contributed by atoms with Gasteiger partial charge in [-0.25, -0.2) is 0 Å². The number of hydrogen-bond acceptors (Lipinski definition) is 7. The molecule has 1 aliphatic heterocycles. The van der Waals surface area contributed by atoms with Gasteiger partial charge in [0, 0.05) is 18.2 Å². The van der Waals surface area contributed by atoms with E-state index < -0.39 is 36.5 Å². The Labute approximate surface area is 140 Å². The average molecular weight is 349 g/mol. The second-order valence-corrected chi connectivity index (χ2v) is 7.78. The summed E-state index contributed by atoms with van der Waals surface area (Å²) in [5.41, 5.74) is -0.702. The van der Waals surface area contributed by atoms with E-state index in [0.29, 0.717) is 0 Å². The van der Waals surface area contributed by atoms with Crippen LogP contribution in [0.25, 0.3) is 0 Å². The van der Waals surface area contributed by atoms with Crippen molar-refractivity contribution in [3.8, 4) is 0 Å². The fourth-order valence-electron chi connectivity index (χ4n) is 3.23. The molecule has 1 saturated carbocycles. The quantitative estimate of drug-likeness (QED) is 0.428. The van der Waals surface area contributed by atoms with E-state index in [2.05, 4.69) is 5.32 Å². The SMILES string of the molecule is CC(=O)NC1CCCCC(S[C@@H]2OC(CO)[C@H](O)C(O)C2O)C1. The van der Waals surface area contributed by atoms with Crippen molar-refractivity contribution in [2.45, 2.75) is 80.2 Å². The highest BCUT2D eigenvalue weighted by molar-refractivity contribution is 8.00. The van der Waals surface area contributed by atoms with Gasteiger partial charge in [0.2, 0.25) is 5.91 Å². The zero-order chi connectivity index (χ0) is 17.0. The monoisotopic (exact) mass is 349 g/mol. The van der Waals surface area contributed by atoms with Crippen molar-refractivity contribution in [2.75, 3.05) is 6.61 Å². The summed E-state index contributed by atoms with van der Waals surface area (Å²) in [6, 6.07) is 0.109. The molecule has 5 unspecified atom stereocenters. The van der Waals surface area contributed by atoms with Gasteiger partial charge in [0.15, 0.2) is 0 Å². The van der Waals surface area contributed by atoms with Gasteiger partial charge in [0.1, 0.15) is 29.9 Å². The van der Waals surface area contributed by atoms with E-state index >= 15 is 0 Å². The fourth-order valence-corrected chi connectivity index (χ4v) is 4.78. The molecule has 0 spiro atoms. The standard InChI is InChI=1S/C15H27NO6S/c1-8(18)16-9-4-2-3-5-10(6-9)23-15-14(21)13(20)12(19)11(7-17)22-15/h9-15,17,19-21H,2-7H2,1H3,(H,16,18)/t9?,10?,11?,12-,13?,14?,15-/m0/s1. The maximum atomic E-state index is 11.3. The Balaban J connectivity index is 1.97. The van der Waals surface area contributed by atoms with Crippen molar-refractivity contribution in [3.63, 3.8) is 0 Å². The minimum atomic E-state index is -1.34. The van der Waals surface area contributed by atoms with Gasteiger partial charge in [-0.1, -0.05) is 12.8 Å². The first kappa shape index (κ1) is 19.0. The number of aliphatic hydroxyl groups is 4. The van der Waals surface area contributed by atoms with Gasteiger partial charge in [-0.2, -0.15) is 0 Å². The summed E-state index contributed by atoms with van der Waals surface area (Å²) >= 11 is 1.41. The lowest BCUT2D eigenvalue weighted by atomic mass is 10.0. The summed E-state index contributed by atoms with van der Waals surface area (Å²) < 4.78 is 5.56. The van der Waals surface area contributed by atoms with Crippen LogP contribution in [0.4, 0.5) is 0 Å². The molecule has 0 aromatic rings. The molecular weight excluding hydrogens is 322 g/mol. The van der Waals surface area contributed by atoms with Crippen LogP contribution in [0.3, 0.4) is 0 Å². The van der Waals surface area contributed by atoms with Crippen LogP contribution in [0.1, 0.15) is 39.0 Å². The zero-order valence-corrected chi connectivity index (χ0v) is 14.1. The first-order valence-electron chi connectivity index (χ1n) is 8.15. The molecule has 0 aromatic heterocycles. The maximum Gasteiger partial charge on any atom is 0.217 e. The van der Waals surface area contributed by atoms with Gasteiger partial charge in [-0.3, -0.25) is 4.79 Å². The third-order valence-electron chi connectivity index (χ3n) is 4.46. The molecule has 0 bridgehead atoms. The minimum Gasteiger partial charge on any atom is -0.394 e. The lowest BCUT2D eigenvalue weighted by Gasteiger charge is -2.40. The molecule has 2 rings (SSSR count). The number of carbonyl (C=O) groups excluding carboxylic acids is 1. The number of carbonyl (C=O) groups is 1. The third kappa shape index (κ3) is 5.04. The molecule has 0 aromatic carbocycles. The topological polar surface area (TPSA) is 119 Å². The summed E-state index contributed by atoms with van der Waals surface area (Å²) in [7, 11) is 0. The number of ether oxygens (including phenoxy) is 1. The first-order chi connectivity index (χ1) is 10.9. The highest BCUT2D eigenvalue weighted by Gasteiger charge is 2.44. The predicted octanol–water partition coefficient (Wildman–Crippen LogP) is -0.643. The van der Waals surface area contributed by atoms with E-state index in [-0.39, 0.29) is 17.2 Å². The van der Waals surface area contributed by atoms with E-state index in [1.807, 2.05) is 0 Å². The highest BCUT2D eigenvalue weighted by atomic mass is 32.2. The van der Waals surface area contributed by atoms with Crippen LogP contribution < -0.4 is 5.32 Å². The first-order valence-corrected chi connectivity index (χ1v) is 9.09. The van der Waals surface area contributed by atoms with E-state index in [1.54, 1.807) is 0 Å².